The molecule has 0 aliphatic carbocycles. The number of amides is 2. The monoisotopic (exact) mass is 531 g/mol. The molecule has 0 saturated carbocycles. The topological polar surface area (TPSA) is 120 Å². The number of carbonyl (C=O) groups is 2. The maximum atomic E-state index is 13.1. The molecule has 3 rings (SSSR count). The van der Waals surface area contributed by atoms with E-state index in [1.54, 1.807) is 36.6 Å². The van der Waals surface area contributed by atoms with Crippen LogP contribution < -0.4 is 16.1 Å². The van der Waals surface area contributed by atoms with Gasteiger partial charge in [0.2, 0.25) is 0 Å². The van der Waals surface area contributed by atoms with Crippen LogP contribution in [-0.2, 0) is 19.1 Å². The summed E-state index contributed by atoms with van der Waals surface area (Å²) in [6, 6.07) is 0.0132. The Bertz CT molecular complexity index is 1000. The average molecular weight is 532 g/mol. The lowest BCUT2D eigenvalue weighted by Crippen LogP contribution is -2.46. The van der Waals surface area contributed by atoms with Crippen LogP contribution in [0.15, 0.2) is 58.0 Å². The number of carbonyl (C=O) groups excluding carboxylic acids is 2. The molecule has 3 heterocycles. The standard InChI is InChI=1S/C25H37N7O4S/c1-6-19-15-32(24(34)21(19)13-20(36-5)16-35-4)25-30-29-23(37-25)22(33)28-17(2)14-27-8-7-18(3)31-11-9-26-10-12-31/h6-8,13-14,17-18,25-26,30H,1,9-12,15-16H2,2-5H3,(H,28,33)/b8-7-,20-13+,27-14?. The van der Waals surface area contributed by atoms with Gasteiger partial charge in [-0.15, -0.1) is 0 Å². The fourth-order valence-corrected chi connectivity index (χ4v) is 4.88. The zero-order chi connectivity index (χ0) is 26.8. The lowest BCUT2D eigenvalue weighted by atomic mass is 10.1. The molecular formula is C25H37N7O4S. The highest BCUT2D eigenvalue weighted by Crippen LogP contribution is 2.30. The van der Waals surface area contributed by atoms with E-state index in [0.29, 0.717) is 23.9 Å². The third-order valence-corrected chi connectivity index (χ3v) is 7.19. The van der Waals surface area contributed by atoms with Gasteiger partial charge < -0.3 is 25.0 Å². The zero-order valence-electron chi connectivity index (χ0n) is 21.9. The first-order valence-electron chi connectivity index (χ1n) is 12.2. The van der Waals surface area contributed by atoms with Crippen LogP contribution in [0.4, 0.5) is 0 Å². The largest absolute Gasteiger partial charge is 0.499 e. The molecule has 202 valence electrons. The van der Waals surface area contributed by atoms with E-state index in [0.717, 1.165) is 31.8 Å². The summed E-state index contributed by atoms with van der Waals surface area (Å²) in [6.45, 7) is 12.4. The molecule has 37 heavy (non-hydrogen) atoms. The SMILES string of the molecule is C=CC1=C(/C=C(\COC)OC)C(=O)N(C2NN=C(C(=O)NC(C)C=N/C=C\C(C)N3CCNCC3)S2)C1. The zero-order valence-corrected chi connectivity index (χ0v) is 22.7. The normalized spacial score (nSPS) is 23.0. The Balaban J connectivity index is 1.49. The van der Waals surface area contributed by atoms with Crippen molar-refractivity contribution in [3.05, 3.63) is 47.9 Å². The van der Waals surface area contributed by atoms with Gasteiger partial charge >= 0.3 is 0 Å². The molecule has 0 aromatic heterocycles. The van der Waals surface area contributed by atoms with E-state index in [1.807, 2.05) is 6.92 Å². The Morgan fingerprint density at radius 3 is 2.78 bits per heavy atom. The lowest BCUT2D eigenvalue weighted by Gasteiger charge is -2.30. The van der Waals surface area contributed by atoms with Crippen molar-refractivity contribution < 1.29 is 19.1 Å². The Labute approximate surface area is 222 Å². The predicted octanol–water partition coefficient (Wildman–Crippen LogP) is 0.804. The van der Waals surface area contributed by atoms with Crippen LogP contribution >= 0.6 is 11.8 Å². The molecule has 0 spiro atoms. The van der Waals surface area contributed by atoms with Gasteiger partial charge in [-0.1, -0.05) is 24.4 Å². The highest BCUT2D eigenvalue weighted by Gasteiger charge is 2.37. The summed E-state index contributed by atoms with van der Waals surface area (Å²) >= 11 is 1.18. The Morgan fingerprint density at radius 2 is 2.11 bits per heavy atom. The molecule has 3 atom stereocenters. The molecule has 3 unspecified atom stereocenters. The predicted molar refractivity (Wildman–Crippen MR) is 147 cm³/mol. The minimum absolute atomic E-state index is 0.204. The van der Waals surface area contributed by atoms with Gasteiger partial charge in [-0.05, 0) is 31.6 Å². The molecule has 0 bridgehead atoms. The first kappa shape index (κ1) is 28.6. The first-order valence-corrected chi connectivity index (χ1v) is 13.1. The smallest absolute Gasteiger partial charge is 0.278 e. The highest BCUT2D eigenvalue weighted by atomic mass is 32.2. The van der Waals surface area contributed by atoms with Crippen LogP contribution in [0.25, 0.3) is 0 Å². The Kier molecular flexibility index (Phi) is 10.9. The van der Waals surface area contributed by atoms with Crippen molar-refractivity contribution in [2.45, 2.75) is 31.4 Å². The molecule has 0 aromatic carbocycles. The van der Waals surface area contributed by atoms with Crippen molar-refractivity contribution in [3.8, 4) is 0 Å². The molecular weight excluding hydrogens is 494 g/mol. The van der Waals surface area contributed by atoms with Gasteiger partial charge in [-0.3, -0.25) is 24.9 Å². The van der Waals surface area contributed by atoms with E-state index in [9.17, 15) is 9.59 Å². The number of hydrogen-bond acceptors (Lipinski definition) is 10. The molecule has 1 saturated heterocycles. The minimum atomic E-state index is -0.513. The van der Waals surface area contributed by atoms with Gasteiger partial charge in [0, 0.05) is 63.9 Å². The maximum Gasteiger partial charge on any atom is 0.278 e. The average Bonchev–Trinajstić information content (AvgIpc) is 3.51. The second-order valence-electron chi connectivity index (χ2n) is 8.77. The van der Waals surface area contributed by atoms with Crippen LogP contribution in [0.1, 0.15) is 13.8 Å². The number of thioether (sulfide) groups is 1. The fraction of sp³-hybridized carbons (Fsp3) is 0.520. The number of piperazine rings is 1. The molecule has 1 fully saturated rings. The van der Waals surface area contributed by atoms with Crippen molar-refractivity contribution in [2.75, 3.05) is 53.6 Å². The van der Waals surface area contributed by atoms with Gasteiger partial charge in [-0.25, -0.2) is 0 Å². The van der Waals surface area contributed by atoms with Crippen molar-refractivity contribution in [1.29, 1.82) is 0 Å². The molecule has 3 N–H and O–H groups in total. The van der Waals surface area contributed by atoms with Crippen LogP contribution in [0.3, 0.4) is 0 Å². The van der Waals surface area contributed by atoms with Crippen LogP contribution in [-0.4, -0.2) is 104 Å². The van der Waals surface area contributed by atoms with E-state index < -0.39 is 5.50 Å². The second-order valence-corrected chi connectivity index (χ2v) is 9.84. The van der Waals surface area contributed by atoms with E-state index in [-0.39, 0.29) is 29.5 Å². The van der Waals surface area contributed by atoms with E-state index in [2.05, 4.69) is 50.6 Å². The summed E-state index contributed by atoms with van der Waals surface area (Å²) in [6.07, 6.45) is 8.81. The molecule has 12 heteroatoms. The van der Waals surface area contributed by atoms with Crippen LogP contribution in [0.5, 0.6) is 0 Å². The number of rotatable bonds is 12. The number of methoxy groups -OCH3 is 2. The van der Waals surface area contributed by atoms with Crippen LogP contribution in [0.2, 0.25) is 0 Å². The van der Waals surface area contributed by atoms with Crippen molar-refractivity contribution in [2.24, 2.45) is 10.1 Å². The number of nitrogens with one attached hydrogen (secondary N) is 3. The number of ether oxygens (including phenoxy) is 2. The first-order chi connectivity index (χ1) is 17.9. The quantitative estimate of drug-likeness (QED) is 0.250. The summed E-state index contributed by atoms with van der Waals surface area (Å²) in [4.78, 5) is 34.2. The van der Waals surface area contributed by atoms with Gasteiger partial charge in [0.05, 0.1) is 13.2 Å². The minimum Gasteiger partial charge on any atom is -0.499 e. The molecule has 3 aliphatic rings. The number of hydrogen-bond donors (Lipinski definition) is 3. The Hall–Kier alpha value is -2.93. The number of hydrazone groups is 1. The second kappa shape index (κ2) is 14.1. The van der Waals surface area contributed by atoms with Crippen molar-refractivity contribution >= 4 is 34.8 Å². The summed E-state index contributed by atoms with van der Waals surface area (Å²) in [7, 11) is 3.08. The molecule has 11 nitrogen and oxygen atoms in total. The summed E-state index contributed by atoms with van der Waals surface area (Å²) in [5.41, 5.74) is 3.62. The lowest BCUT2D eigenvalue weighted by molar-refractivity contribution is -0.126. The molecule has 2 amide bonds. The summed E-state index contributed by atoms with van der Waals surface area (Å²) in [5.74, 6) is -0.00792. The third kappa shape index (κ3) is 7.78. The number of aliphatic imine (C=N–C) groups is 1. The summed E-state index contributed by atoms with van der Waals surface area (Å²) < 4.78 is 10.4. The Morgan fingerprint density at radius 1 is 1.35 bits per heavy atom. The van der Waals surface area contributed by atoms with Gasteiger partial charge in [0.1, 0.15) is 12.4 Å². The van der Waals surface area contributed by atoms with E-state index in [1.165, 1.54) is 18.9 Å². The number of nitrogens with zero attached hydrogens (tertiary/aromatic N) is 4. The van der Waals surface area contributed by atoms with Crippen molar-refractivity contribution in [3.63, 3.8) is 0 Å². The summed E-state index contributed by atoms with van der Waals surface area (Å²) in [5, 5.41) is 10.6. The van der Waals surface area contributed by atoms with Crippen LogP contribution in [0, 0.1) is 0 Å². The van der Waals surface area contributed by atoms with E-state index in [4.69, 9.17) is 9.47 Å². The van der Waals surface area contributed by atoms with Gasteiger partial charge in [0.15, 0.2) is 10.5 Å². The highest BCUT2D eigenvalue weighted by molar-refractivity contribution is 8.16. The fourth-order valence-electron chi connectivity index (χ4n) is 3.99. The molecule has 0 aromatic rings. The van der Waals surface area contributed by atoms with Gasteiger partial charge in [0.25, 0.3) is 11.8 Å². The van der Waals surface area contributed by atoms with Crippen molar-refractivity contribution in [1.82, 2.24) is 25.9 Å². The maximum absolute atomic E-state index is 13.1. The van der Waals surface area contributed by atoms with Gasteiger partial charge in [-0.2, -0.15) is 5.10 Å². The molecule has 3 aliphatic heterocycles. The van der Waals surface area contributed by atoms with E-state index >= 15 is 0 Å². The molecule has 0 radical (unpaired) electrons. The third-order valence-electron chi connectivity index (χ3n) is 6.10.